The Labute approximate surface area is 201 Å². The molecule has 3 atom stereocenters. The fraction of sp³-hybridized carbons (Fsp3) is 0.577. The topological polar surface area (TPSA) is 61.1 Å². The number of rotatable bonds is 8. The van der Waals surface area contributed by atoms with Crippen molar-refractivity contribution >= 4 is 17.6 Å². The zero-order valence-corrected chi connectivity index (χ0v) is 20.5. The molecule has 1 aromatic carbocycles. The molecule has 6 nitrogen and oxygen atoms in total. The van der Waals surface area contributed by atoms with Gasteiger partial charge in [0, 0.05) is 23.5 Å². The molecule has 33 heavy (non-hydrogen) atoms. The van der Waals surface area contributed by atoms with Crippen molar-refractivity contribution in [1.29, 1.82) is 0 Å². The first-order chi connectivity index (χ1) is 15.7. The van der Waals surface area contributed by atoms with E-state index in [0.717, 1.165) is 37.4 Å². The number of benzene rings is 1. The number of piperidine rings is 1. The van der Waals surface area contributed by atoms with E-state index in [0.29, 0.717) is 18.9 Å². The van der Waals surface area contributed by atoms with Crippen molar-refractivity contribution in [3.63, 3.8) is 0 Å². The second-order valence-electron chi connectivity index (χ2n) is 9.97. The molecule has 180 valence electrons. The molecule has 0 amide bonds. The van der Waals surface area contributed by atoms with E-state index in [1.807, 2.05) is 25.1 Å². The van der Waals surface area contributed by atoms with E-state index < -0.39 is 5.79 Å². The average molecular weight is 476 g/mol. The maximum absolute atomic E-state index is 12.6. The van der Waals surface area contributed by atoms with Crippen LogP contribution in [0.3, 0.4) is 0 Å². The highest BCUT2D eigenvalue weighted by Gasteiger charge is 2.49. The van der Waals surface area contributed by atoms with E-state index in [9.17, 15) is 4.79 Å². The SMILES string of the molecule is CC(C)(Cc1ccc(Cl)cc1)C1(C)OCC(CN2CCCC(C(=O)OCc3ccco3)C2)O1. The Bertz CT molecular complexity index is 913. The summed E-state index contributed by atoms with van der Waals surface area (Å²) in [6, 6.07) is 11.5. The summed E-state index contributed by atoms with van der Waals surface area (Å²) in [5.41, 5.74) is 0.976. The van der Waals surface area contributed by atoms with Crippen molar-refractivity contribution in [2.45, 2.75) is 58.5 Å². The molecule has 2 aliphatic heterocycles. The summed E-state index contributed by atoms with van der Waals surface area (Å²) >= 11 is 6.03. The number of furan rings is 1. The summed E-state index contributed by atoms with van der Waals surface area (Å²) < 4.78 is 23.4. The predicted octanol–water partition coefficient (Wildman–Crippen LogP) is 5.09. The minimum Gasteiger partial charge on any atom is -0.466 e. The van der Waals surface area contributed by atoms with Crippen LogP contribution in [-0.2, 0) is 32.0 Å². The van der Waals surface area contributed by atoms with Crippen LogP contribution in [0.2, 0.25) is 5.02 Å². The number of hydrogen-bond donors (Lipinski definition) is 0. The fourth-order valence-electron chi connectivity index (χ4n) is 4.71. The van der Waals surface area contributed by atoms with Crippen molar-refractivity contribution in [3.8, 4) is 0 Å². The molecule has 0 saturated carbocycles. The summed E-state index contributed by atoms with van der Waals surface area (Å²) in [5.74, 6) is -0.306. The van der Waals surface area contributed by atoms with Crippen molar-refractivity contribution in [1.82, 2.24) is 4.90 Å². The number of nitrogens with zero attached hydrogens (tertiary/aromatic N) is 1. The van der Waals surface area contributed by atoms with Gasteiger partial charge < -0.3 is 18.6 Å². The molecule has 1 aromatic heterocycles. The maximum Gasteiger partial charge on any atom is 0.310 e. The fourth-order valence-corrected chi connectivity index (χ4v) is 4.84. The van der Waals surface area contributed by atoms with Gasteiger partial charge in [0.25, 0.3) is 0 Å². The van der Waals surface area contributed by atoms with Crippen molar-refractivity contribution in [3.05, 3.63) is 59.0 Å². The third kappa shape index (κ3) is 5.99. The van der Waals surface area contributed by atoms with Gasteiger partial charge in [0.15, 0.2) is 5.79 Å². The Morgan fingerprint density at radius 1 is 1.27 bits per heavy atom. The number of carbonyl (C=O) groups is 1. The van der Waals surface area contributed by atoms with Gasteiger partial charge in [0.1, 0.15) is 12.4 Å². The number of halogens is 1. The van der Waals surface area contributed by atoms with Crippen LogP contribution in [0.4, 0.5) is 0 Å². The average Bonchev–Trinajstić information content (AvgIpc) is 3.44. The number of ether oxygens (including phenoxy) is 3. The minimum atomic E-state index is -0.686. The molecule has 2 aliphatic rings. The summed E-state index contributed by atoms with van der Waals surface area (Å²) in [6.45, 7) is 9.50. The van der Waals surface area contributed by atoms with Crippen LogP contribution in [-0.4, -0.2) is 49.0 Å². The monoisotopic (exact) mass is 475 g/mol. The van der Waals surface area contributed by atoms with Crippen LogP contribution in [0.1, 0.15) is 44.9 Å². The zero-order valence-electron chi connectivity index (χ0n) is 19.7. The zero-order chi connectivity index (χ0) is 23.5. The molecule has 3 unspecified atom stereocenters. The molecule has 4 rings (SSSR count). The standard InChI is InChI=1S/C26H34ClNO5/c1-25(2,14-19-8-10-21(27)11-9-19)26(3)32-18-23(33-26)16-28-12-4-6-20(15-28)24(29)31-17-22-7-5-13-30-22/h5,7-11,13,20,23H,4,6,12,14-18H2,1-3H3. The number of carbonyl (C=O) groups excluding carboxylic acids is 1. The van der Waals surface area contributed by atoms with E-state index in [4.69, 9.17) is 30.2 Å². The molecule has 2 fully saturated rings. The van der Waals surface area contributed by atoms with Crippen molar-refractivity contribution < 1.29 is 23.4 Å². The van der Waals surface area contributed by atoms with Gasteiger partial charge in [0.2, 0.25) is 0 Å². The highest BCUT2D eigenvalue weighted by atomic mass is 35.5. The molecule has 0 radical (unpaired) electrons. The van der Waals surface area contributed by atoms with E-state index in [-0.39, 0.29) is 30.0 Å². The Kier molecular flexibility index (Phi) is 7.49. The quantitative estimate of drug-likeness (QED) is 0.496. The van der Waals surface area contributed by atoms with Gasteiger partial charge in [0.05, 0.1) is 24.9 Å². The Morgan fingerprint density at radius 2 is 2.06 bits per heavy atom. The number of esters is 1. The Hall–Kier alpha value is -1.86. The lowest BCUT2D eigenvalue weighted by atomic mass is 9.78. The van der Waals surface area contributed by atoms with Gasteiger partial charge in [-0.15, -0.1) is 0 Å². The van der Waals surface area contributed by atoms with Crippen molar-refractivity contribution in [2.75, 3.05) is 26.2 Å². The van der Waals surface area contributed by atoms with Gasteiger partial charge in [-0.25, -0.2) is 0 Å². The third-order valence-electron chi connectivity index (χ3n) is 6.96. The molecule has 2 saturated heterocycles. The molecule has 0 N–H and O–H groups in total. The largest absolute Gasteiger partial charge is 0.466 e. The molecular weight excluding hydrogens is 442 g/mol. The van der Waals surface area contributed by atoms with Crippen molar-refractivity contribution in [2.24, 2.45) is 11.3 Å². The molecule has 0 bridgehead atoms. The first-order valence-corrected chi connectivity index (χ1v) is 12.1. The van der Waals surface area contributed by atoms with Crippen LogP contribution < -0.4 is 0 Å². The van der Waals surface area contributed by atoms with Crippen LogP contribution in [0.25, 0.3) is 0 Å². The first-order valence-electron chi connectivity index (χ1n) is 11.7. The van der Waals surface area contributed by atoms with Gasteiger partial charge in [-0.3, -0.25) is 9.69 Å². The summed E-state index contributed by atoms with van der Waals surface area (Å²) in [5, 5.41) is 0.737. The number of hydrogen-bond acceptors (Lipinski definition) is 6. The Morgan fingerprint density at radius 3 is 2.79 bits per heavy atom. The second-order valence-corrected chi connectivity index (χ2v) is 10.4. The number of likely N-dealkylation sites (tertiary alicyclic amines) is 1. The smallest absolute Gasteiger partial charge is 0.310 e. The Balaban J connectivity index is 1.28. The molecule has 0 spiro atoms. The lowest BCUT2D eigenvalue weighted by Crippen LogP contribution is -2.47. The normalized spacial score (nSPS) is 26.4. The van der Waals surface area contributed by atoms with Crippen LogP contribution in [0, 0.1) is 11.3 Å². The lowest BCUT2D eigenvalue weighted by Gasteiger charge is -2.40. The predicted molar refractivity (Wildman–Crippen MR) is 126 cm³/mol. The molecule has 3 heterocycles. The van der Waals surface area contributed by atoms with Crippen LogP contribution >= 0.6 is 11.6 Å². The molecule has 7 heteroatoms. The van der Waals surface area contributed by atoms with E-state index in [1.54, 1.807) is 12.3 Å². The summed E-state index contributed by atoms with van der Waals surface area (Å²) in [7, 11) is 0. The highest BCUT2D eigenvalue weighted by molar-refractivity contribution is 6.30. The van der Waals surface area contributed by atoms with Gasteiger partial charge in [-0.05, 0) is 62.6 Å². The second kappa shape index (κ2) is 10.2. The third-order valence-corrected chi connectivity index (χ3v) is 7.21. The van der Waals surface area contributed by atoms with E-state index >= 15 is 0 Å². The van der Waals surface area contributed by atoms with Gasteiger partial charge >= 0.3 is 5.97 Å². The summed E-state index contributed by atoms with van der Waals surface area (Å²) in [6.07, 6.45) is 4.19. The van der Waals surface area contributed by atoms with Crippen LogP contribution in [0.15, 0.2) is 47.1 Å². The van der Waals surface area contributed by atoms with E-state index in [2.05, 4.69) is 30.9 Å². The minimum absolute atomic E-state index is 0.0302. The van der Waals surface area contributed by atoms with Gasteiger partial charge in [-0.1, -0.05) is 37.6 Å². The molecule has 2 aromatic rings. The maximum atomic E-state index is 12.6. The summed E-state index contributed by atoms with van der Waals surface area (Å²) in [4.78, 5) is 14.9. The molecular formula is C26H34ClNO5. The van der Waals surface area contributed by atoms with Gasteiger partial charge in [-0.2, -0.15) is 0 Å². The molecule has 0 aliphatic carbocycles. The first kappa shape index (κ1) is 24.3. The highest BCUT2D eigenvalue weighted by Crippen LogP contribution is 2.42. The van der Waals surface area contributed by atoms with Crippen LogP contribution in [0.5, 0.6) is 0 Å². The lowest BCUT2D eigenvalue weighted by molar-refractivity contribution is -0.224. The van der Waals surface area contributed by atoms with E-state index in [1.165, 1.54) is 5.56 Å².